The molecule has 0 saturated carbocycles. The lowest BCUT2D eigenvalue weighted by Crippen LogP contribution is -2.29. The zero-order chi connectivity index (χ0) is 11.4. The smallest absolute Gasteiger partial charge is 0.232 e. The van der Waals surface area contributed by atoms with Crippen LogP contribution in [0.5, 0.6) is 0 Å². The average molecular weight is 231 g/mol. The standard InChI is InChI=1S/C10H11F2NOS/c1-6(15)10(14)13-5-7-4-8(11)2-3-9(7)12/h2-4,6,15H,5H2,1H3,(H,13,14). The molecule has 1 atom stereocenters. The number of hydrogen-bond donors (Lipinski definition) is 2. The molecule has 0 aliphatic rings. The van der Waals surface area contributed by atoms with Gasteiger partial charge in [-0.15, -0.1) is 0 Å². The SMILES string of the molecule is CC(S)C(=O)NCc1cc(F)ccc1F. The number of amides is 1. The summed E-state index contributed by atoms with van der Waals surface area (Å²) in [5.41, 5.74) is 0.123. The van der Waals surface area contributed by atoms with Crippen LogP contribution in [-0.4, -0.2) is 11.2 Å². The maximum absolute atomic E-state index is 13.1. The Morgan fingerprint density at radius 1 is 1.53 bits per heavy atom. The predicted molar refractivity (Wildman–Crippen MR) is 56.7 cm³/mol. The lowest BCUT2D eigenvalue weighted by atomic mass is 10.2. The van der Waals surface area contributed by atoms with Crippen molar-refractivity contribution in [1.82, 2.24) is 5.32 Å². The number of hydrogen-bond acceptors (Lipinski definition) is 2. The largest absolute Gasteiger partial charge is 0.351 e. The molecule has 1 unspecified atom stereocenters. The van der Waals surface area contributed by atoms with Gasteiger partial charge in [0.05, 0.1) is 5.25 Å². The van der Waals surface area contributed by atoms with Crippen LogP contribution in [0.4, 0.5) is 8.78 Å². The molecule has 1 aromatic rings. The molecule has 0 spiro atoms. The van der Waals surface area contributed by atoms with Gasteiger partial charge in [0.2, 0.25) is 5.91 Å². The van der Waals surface area contributed by atoms with Crippen LogP contribution in [0.15, 0.2) is 18.2 Å². The van der Waals surface area contributed by atoms with Crippen LogP contribution >= 0.6 is 12.6 Å². The Balaban J connectivity index is 2.65. The zero-order valence-electron chi connectivity index (χ0n) is 8.13. The highest BCUT2D eigenvalue weighted by atomic mass is 32.1. The Labute approximate surface area is 92.1 Å². The molecule has 0 bridgehead atoms. The summed E-state index contributed by atoms with van der Waals surface area (Å²) in [5, 5.41) is 1.97. The van der Waals surface area contributed by atoms with Crippen molar-refractivity contribution in [3.63, 3.8) is 0 Å². The van der Waals surface area contributed by atoms with Crippen LogP contribution in [0.3, 0.4) is 0 Å². The molecule has 0 heterocycles. The van der Waals surface area contributed by atoms with E-state index in [2.05, 4.69) is 17.9 Å². The van der Waals surface area contributed by atoms with Crippen molar-refractivity contribution in [3.05, 3.63) is 35.4 Å². The third-order valence-corrected chi connectivity index (χ3v) is 2.07. The number of thiol groups is 1. The van der Waals surface area contributed by atoms with Gasteiger partial charge in [-0.05, 0) is 25.1 Å². The fraction of sp³-hybridized carbons (Fsp3) is 0.300. The van der Waals surface area contributed by atoms with Crippen molar-refractivity contribution in [3.8, 4) is 0 Å². The van der Waals surface area contributed by atoms with Crippen molar-refractivity contribution in [2.45, 2.75) is 18.7 Å². The second-order valence-corrected chi connectivity index (χ2v) is 3.90. The van der Waals surface area contributed by atoms with Crippen LogP contribution in [0.25, 0.3) is 0 Å². The lowest BCUT2D eigenvalue weighted by Gasteiger charge is -2.07. The lowest BCUT2D eigenvalue weighted by molar-refractivity contribution is -0.120. The van der Waals surface area contributed by atoms with Gasteiger partial charge in [0.1, 0.15) is 11.6 Å². The normalized spacial score (nSPS) is 12.3. The summed E-state index contributed by atoms with van der Waals surface area (Å²) in [6.45, 7) is 1.56. The number of carbonyl (C=O) groups excluding carboxylic acids is 1. The molecule has 1 amide bonds. The summed E-state index contributed by atoms with van der Waals surface area (Å²) in [5.74, 6) is -1.38. The van der Waals surface area contributed by atoms with E-state index in [1.54, 1.807) is 6.92 Å². The monoisotopic (exact) mass is 231 g/mol. The van der Waals surface area contributed by atoms with E-state index in [1.165, 1.54) is 0 Å². The van der Waals surface area contributed by atoms with Gasteiger partial charge in [0, 0.05) is 12.1 Å². The summed E-state index contributed by atoms with van der Waals surface area (Å²) in [7, 11) is 0. The van der Waals surface area contributed by atoms with E-state index in [-0.39, 0.29) is 18.0 Å². The molecular weight excluding hydrogens is 220 g/mol. The summed E-state index contributed by atoms with van der Waals surface area (Å²) in [6.07, 6.45) is 0. The second-order valence-electron chi connectivity index (χ2n) is 3.13. The summed E-state index contributed by atoms with van der Waals surface area (Å²) >= 11 is 3.91. The van der Waals surface area contributed by atoms with Crippen molar-refractivity contribution < 1.29 is 13.6 Å². The molecule has 1 aromatic carbocycles. The quantitative estimate of drug-likeness (QED) is 0.764. The maximum atomic E-state index is 13.1. The minimum Gasteiger partial charge on any atom is -0.351 e. The first kappa shape index (κ1) is 12.0. The van der Waals surface area contributed by atoms with Crippen LogP contribution in [0.2, 0.25) is 0 Å². The van der Waals surface area contributed by atoms with Crippen LogP contribution in [0.1, 0.15) is 12.5 Å². The molecule has 1 N–H and O–H groups in total. The number of nitrogens with one attached hydrogen (secondary N) is 1. The third-order valence-electron chi connectivity index (χ3n) is 1.84. The molecular formula is C10H11F2NOS. The number of benzene rings is 1. The van der Waals surface area contributed by atoms with Crippen molar-refractivity contribution in [2.75, 3.05) is 0 Å². The van der Waals surface area contributed by atoms with E-state index in [0.29, 0.717) is 0 Å². The molecule has 82 valence electrons. The first-order valence-corrected chi connectivity index (χ1v) is 4.92. The molecule has 0 fully saturated rings. The fourth-order valence-electron chi connectivity index (χ4n) is 1.01. The van der Waals surface area contributed by atoms with Gasteiger partial charge >= 0.3 is 0 Å². The van der Waals surface area contributed by atoms with E-state index in [0.717, 1.165) is 18.2 Å². The van der Waals surface area contributed by atoms with Crippen molar-refractivity contribution >= 4 is 18.5 Å². The van der Waals surface area contributed by atoms with Gasteiger partial charge in [-0.3, -0.25) is 4.79 Å². The Kier molecular flexibility index (Phi) is 4.08. The Hall–Kier alpha value is -1.10. The predicted octanol–water partition coefficient (Wildman–Crippen LogP) is 1.90. The summed E-state index contributed by atoms with van der Waals surface area (Å²) < 4.78 is 25.8. The first-order chi connectivity index (χ1) is 7.00. The molecule has 0 aliphatic heterocycles. The van der Waals surface area contributed by atoms with Gasteiger partial charge < -0.3 is 5.32 Å². The molecule has 0 radical (unpaired) electrons. The zero-order valence-corrected chi connectivity index (χ0v) is 9.02. The minimum absolute atomic E-state index is 0.0344. The molecule has 2 nitrogen and oxygen atoms in total. The highest BCUT2D eigenvalue weighted by molar-refractivity contribution is 7.81. The number of halogens is 2. The highest BCUT2D eigenvalue weighted by Crippen LogP contribution is 2.09. The summed E-state index contributed by atoms with van der Waals surface area (Å²) in [4.78, 5) is 11.1. The Morgan fingerprint density at radius 2 is 2.20 bits per heavy atom. The van der Waals surface area contributed by atoms with E-state index in [4.69, 9.17) is 0 Å². The first-order valence-electron chi connectivity index (χ1n) is 4.40. The van der Waals surface area contributed by atoms with Gasteiger partial charge in [0.15, 0.2) is 0 Å². The van der Waals surface area contributed by atoms with Gasteiger partial charge in [-0.25, -0.2) is 8.78 Å². The van der Waals surface area contributed by atoms with E-state index in [9.17, 15) is 13.6 Å². The second kappa shape index (κ2) is 5.11. The molecule has 0 aliphatic carbocycles. The Morgan fingerprint density at radius 3 is 2.80 bits per heavy atom. The van der Waals surface area contributed by atoms with E-state index >= 15 is 0 Å². The van der Waals surface area contributed by atoms with Crippen molar-refractivity contribution in [2.24, 2.45) is 0 Å². The number of carbonyl (C=O) groups is 1. The van der Waals surface area contributed by atoms with Crippen LogP contribution < -0.4 is 5.32 Å². The van der Waals surface area contributed by atoms with Crippen molar-refractivity contribution in [1.29, 1.82) is 0 Å². The topological polar surface area (TPSA) is 29.1 Å². The molecule has 5 heteroatoms. The summed E-state index contributed by atoms with van der Waals surface area (Å²) in [6, 6.07) is 3.11. The van der Waals surface area contributed by atoms with Gasteiger partial charge in [-0.1, -0.05) is 0 Å². The number of rotatable bonds is 3. The molecule has 0 aromatic heterocycles. The highest BCUT2D eigenvalue weighted by Gasteiger charge is 2.09. The van der Waals surface area contributed by atoms with Gasteiger partial charge in [0.25, 0.3) is 0 Å². The fourth-order valence-corrected chi connectivity index (χ4v) is 1.10. The van der Waals surface area contributed by atoms with Crippen LogP contribution in [-0.2, 0) is 11.3 Å². The van der Waals surface area contributed by atoms with E-state index < -0.39 is 16.9 Å². The minimum atomic E-state index is -0.538. The molecule has 0 saturated heterocycles. The van der Waals surface area contributed by atoms with E-state index in [1.807, 2.05) is 0 Å². The maximum Gasteiger partial charge on any atom is 0.232 e. The average Bonchev–Trinajstić information content (AvgIpc) is 2.18. The molecule has 15 heavy (non-hydrogen) atoms. The van der Waals surface area contributed by atoms with Crippen LogP contribution in [0, 0.1) is 11.6 Å². The molecule has 1 rings (SSSR count). The third kappa shape index (κ3) is 3.51. The Bertz CT molecular complexity index is 368. The van der Waals surface area contributed by atoms with Gasteiger partial charge in [-0.2, -0.15) is 12.6 Å².